The number of halogens is 1. The number of aryl methyl sites for hydroxylation is 1. The first-order chi connectivity index (χ1) is 14.8. The van der Waals surface area contributed by atoms with E-state index in [1.165, 1.54) is 12.1 Å². The minimum absolute atomic E-state index is 0.263. The molecule has 0 bridgehead atoms. The molecule has 1 aromatic carbocycles. The monoisotopic (exact) mass is 443 g/mol. The van der Waals surface area contributed by atoms with Crippen LogP contribution in [0.4, 0.5) is 9.18 Å². The van der Waals surface area contributed by atoms with Gasteiger partial charge in [-0.3, -0.25) is 19.3 Å². The Balaban J connectivity index is 1.55. The highest BCUT2D eigenvalue weighted by atomic mass is 32.2. The summed E-state index contributed by atoms with van der Waals surface area (Å²) >= 11 is 0.831. The van der Waals surface area contributed by atoms with Crippen molar-refractivity contribution >= 4 is 34.9 Å². The summed E-state index contributed by atoms with van der Waals surface area (Å²) in [5.74, 6) is -1.05. The summed E-state index contributed by atoms with van der Waals surface area (Å²) < 4.78 is 20.5. The minimum atomic E-state index is -0.469. The van der Waals surface area contributed by atoms with E-state index < -0.39 is 11.1 Å². The number of aromatic nitrogens is 1. The molecule has 2 aliphatic rings. The van der Waals surface area contributed by atoms with Gasteiger partial charge in [-0.25, -0.2) is 4.39 Å². The van der Waals surface area contributed by atoms with Crippen LogP contribution in [-0.2, 0) is 14.3 Å². The standard InChI is InChI=1S/C22H22FN3O4S/c1-14-11-16(15(2)26(14)18-5-3-17(23)4-6-18)12-19-21(28)25(22(29)31-19)13-20(27)24-7-9-30-10-8-24/h3-6,11-12H,7-10,13H2,1-2H3/b19-12-. The molecule has 9 heteroatoms. The topological polar surface area (TPSA) is 71.9 Å². The van der Waals surface area contributed by atoms with Crippen LogP contribution in [0.15, 0.2) is 35.2 Å². The molecule has 2 saturated heterocycles. The van der Waals surface area contributed by atoms with Crippen LogP contribution in [0.3, 0.4) is 0 Å². The number of benzene rings is 1. The van der Waals surface area contributed by atoms with E-state index >= 15 is 0 Å². The fourth-order valence-corrected chi connectivity index (χ4v) is 4.58. The molecular formula is C22H22FN3O4S. The van der Waals surface area contributed by atoms with Gasteiger partial charge in [-0.15, -0.1) is 0 Å². The molecule has 0 unspecified atom stereocenters. The second-order valence-corrected chi connectivity index (χ2v) is 8.39. The van der Waals surface area contributed by atoms with Gasteiger partial charge in [-0.05, 0) is 67.6 Å². The van der Waals surface area contributed by atoms with Crippen molar-refractivity contribution in [2.24, 2.45) is 0 Å². The van der Waals surface area contributed by atoms with Crippen LogP contribution in [0.1, 0.15) is 17.0 Å². The van der Waals surface area contributed by atoms with Crippen LogP contribution in [0.2, 0.25) is 0 Å². The summed E-state index contributed by atoms with van der Waals surface area (Å²) in [6, 6.07) is 8.06. The number of nitrogens with zero attached hydrogens (tertiary/aromatic N) is 3. The van der Waals surface area contributed by atoms with Gasteiger partial charge >= 0.3 is 0 Å². The first-order valence-corrected chi connectivity index (χ1v) is 10.7. The van der Waals surface area contributed by atoms with Crippen molar-refractivity contribution in [3.63, 3.8) is 0 Å². The first-order valence-electron chi connectivity index (χ1n) is 9.91. The van der Waals surface area contributed by atoms with Crippen LogP contribution in [0.5, 0.6) is 0 Å². The van der Waals surface area contributed by atoms with E-state index in [2.05, 4.69) is 0 Å². The van der Waals surface area contributed by atoms with E-state index in [0.29, 0.717) is 26.3 Å². The fraction of sp³-hybridized carbons (Fsp3) is 0.318. The second-order valence-electron chi connectivity index (χ2n) is 7.40. The van der Waals surface area contributed by atoms with E-state index in [-0.39, 0.29) is 23.2 Å². The molecule has 0 saturated carbocycles. The molecule has 2 aliphatic heterocycles. The maximum atomic E-state index is 13.3. The zero-order chi connectivity index (χ0) is 22.1. The first kappa shape index (κ1) is 21.3. The van der Waals surface area contributed by atoms with Crippen molar-refractivity contribution in [1.29, 1.82) is 0 Å². The van der Waals surface area contributed by atoms with Gasteiger partial charge in [-0.2, -0.15) is 0 Å². The van der Waals surface area contributed by atoms with Crippen LogP contribution < -0.4 is 0 Å². The van der Waals surface area contributed by atoms with Gasteiger partial charge in [-0.1, -0.05) is 0 Å². The number of carbonyl (C=O) groups excluding carboxylic acids is 3. The van der Waals surface area contributed by atoms with Crippen molar-refractivity contribution in [1.82, 2.24) is 14.4 Å². The lowest BCUT2D eigenvalue weighted by Gasteiger charge is -2.28. The average Bonchev–Trinajstić information content (AvgIpc) is 3.19. The largest absolute Gasteiger partial charge is 0.378 e. The van der Waals surface area contributed by atoms with Gasteiger partial charge in [0.1, 0.15) is 12.4 Å². The predicted molar refractivity (Wildman–Crippen MR) is 115 cm³/mol. The highest BCUT2D eigenvalue weighted by Crippen LogP contribution is 2.33. The summed E-state index contributed by atoms with van der Waals surface area (Å²) in [7, 11) is 0. The summed E-state index contributed by atoms with van der Waals surface area (Å²) in [6.45, 7) is 5.38. The van der Waals surface area contributed by atoms with Crippen LogP contribution in [-0.4, -0.2) is 64.3 Å². The van der Waals surface area contributed by atoms with E-state index in [0.717, 1.165) is 39.3 Å². The zero-order valence-electron chi connectivity index (χ0n) is 17.3. The van der Waals surface area contributed by atoms with Gasteiger partial charge in [0, 0.05) is 30.2 Å². The third-order valence-corrected chi connectivity index (χ3v) is 6.28. The van der Waals surface area contributed by atoms with Crippen LogP contribution in [0.25, 0.3) is 11.8 Å². The van der Waals surface area contributed by atoms with Gasteiger partial charge in [0.05, 0.1) is 18.1 Å². The van der Waals surface area contributed by atoms with Gasteiger partial charge in [0.25, 0.3) is 11.1 Å². The lowest BCUT2D eigenvalue weighted by atomic mass is 10.2. The lowest BCUT2D eigenvalue weighted by molar-refractivity contribution is -0.139. The Morgan fingerprint density at radius 2 is 1.84 bits per heavy atom. The van der Waals surface area contributed by atoms with E-state index in [1.54, 1.807) is 23.1 Å². The number of rotatable bonds is 4. The highest BCUT2D eigenvalue weighted by Gasteiger charge is 2.37. The summed E-state index contributed by atoms with van der Waals surface area (Å²) in [5, 5.41) is -0.454. The molecule has 3 heterocycles. The van der Waals surface area contributed by atoms with E-state index in [1.807, 2.05) is 24.5 Å². The molecule has 0 spiro atoms. The molecule has 0 atom stereocenters. The van der Waals surface area contributed by atoms with Gasteiger partial charge in [0.2, 0.25) is 5.91 Å². The molecule has 7 nitrogen and oxygen atoms in total. The average molecular weight is 444 g/mol. The molecule has 0 N–H and O–H groups in total. The smallest absolute Gasteiger partial charge is 0.294 e. The summed E-state index contributed by atoms with van der Waals surface area (Å²) in [6.07, 6.45) is 1.67. The Hall–Kier alpha value is -2.91. The number of morpholine rings is 1. The molecule has 1 aromatic heterocycles. The molecule has 162 valence electrons. The van der Waals surface area contributed by atoms with Crippen LogP contribution >= 0.6 is 11.8 Å². The quantitative estimate of drug-likeness (QED) is 0.679. The van der Waals surface area contributed by atoms with E-state index in [9.17, 15) is 18.8 Å². The van der Waals surface area contributed by atoms with Crippen molar-refractivity contribution in [3.8, 4) is 5.69 Å². The number of carbonyl (C=O) groups is 3. The SMILES string of the molecule is Cc1cc(/C=C2\SC(=O)N(CC(=O)N3CCOCC3)C2=O)c(C)n1-c1ccc(F)cc1. The van der Waals surface area contributed by atoms with Crippen LogP contribution in [0, 0.1) is 19.7 Å². The molecule has 4 rings (SSSR count). The molecular weight excluding hydrogens is 421 g/mol. The molecule has 0 radical (unpaired) electrons. The normalized spacial score (nSPS) is 18.4. The maximum absolute atomic E-state index is 13.3. The van der Waals surface area contributed by atoms with Gasteiger partial charge < -0.3 is 14.2 Å². The maximum Gasteiger partial charge on any atom is 0.294 e. The highest BCUT2D eigenvalue weighted by molar-refractivity contribution is 8.18. The lowest BCUT2D eigenvalue weighted by Crippen LogP contribution is -2.46. The van der Waals surface area contributed by atoms with E-state index in [4.69, 9.17) is 4.74 Å². The number of amides is 3. The van der Waals surface area contributed by atoms with Crippen molar-refractivity contribution < 1.29 is 23.5 Å². The fourth-order valence-electron chi connectivity index (χ4n) is 3.75. The Morgan fingerprint density at radius 1 is 1.16 bits per heavy atom. The molecule has 2 fully saturated rings. The van der Waals surface area contributed by atoms with Crippen molar-refractivity contribution in [2.75, 3.05) is 32.8 Å². The number of hydrogen-bond donors (Lipinski definition) is 0. The number of ether oxygens (including phenoxy) is 1. The Kier molecular flexibility index (Phi) is 5.97. The third kappa shape index (κ3) is 4.28. The van der Waals surface area contributed by atoms with Crippen molar-refractivity contribution in [3.05, 3.63) is 58.0 Å². The summed E-state index contributed by atoms with van der Waals surface area (Å²) in [4.78, 5) is 40.6. The Labute approximate surface area is 183 Å². The number of imide groups is 1. The second kappa shape index (κ2) is 8.68. The molecule has 3 amide bonds. The number of hydrogen-bond acceptors (Lipinski definition) is 5. The molecule has 31 heavy (non-hydrogen) atoms. The minimum Gasteiger partial charge on any atom is -0.378 e. The number of thioether (sulfide) groups is 1. The Bertz CT molecular complexity index is 1070. The van der Waals surface area contributed by atoms with Crippen molar-refractivity contribution in [2.45, 2.75) is 13.8 Å². The third-order valence-electron chi connectivity index (χ3n) is 5.37. The molecule has 0 aliphatic carbocycles. The molecule has 2 aromatic rings. The summed E-state index contributed by atoms with van der Waals surface area (Å²) in [5.41, 5.74) is 3.37. The Morgan fingerprint density at radius 3 is 2.52 bits per heavy atom. The zero-order valence-corrected chi connectivity index (χ0v) is 18.1. The van der Waals surface area contributed by atoms with Gasteiger partial charge in [0.15, 0.2) is 0 Å². The predicted octanol–water partition coefficient (Wildman–Crippen LogP) is 3.13.